The van der Waals surface area contributed by atoms with Crippen LogP contribution in [0, 0.1) is 0 Å². The maximum absolute atomic E-state index is 12.7. The second kappa shape index (κ2) is 8.81. The van der Waals surface area contributed by atoms with Crippen LogP contribution in [0.4, 0.5) is 0 Å². The molecule has 0 aromatic rings. The predicted octanol–water partition coefficient (Wildman–Crippen LogP) is 5.76. The smallest absolute Gasteiger partial charge is 0.266 e. The number of hydrogen-bond donors (Lipinski definition) is 0. The van der Waals surface area contributed by atoms with Crippen LogP contribution in [-0.2, 0) is 20.7 Å². The van der Waals surface area contributed by atoms with E-state index in [1.165, 1.54) is 5.56 Å². The molecule has 0 aromatic carbocycles. The van der Waals surface area contributed by atoms with Gasteiger partial charge in [-0.25, -0.2) is 0 Å². The van der Waals surface area contributed by atoms with Crippen molar-refractivity contribution in [3.05, 3.63) is 41.5 Å². The summed E-state index contributed by atoms with van der Waals surface area (Å²) < 4.78 is 30.7. The van der Waals surface area contributed by atoms with E-state index in [-0.39, 0.29) is 6.61 Å². The summed E-state index contributed by atoms with van der Waals surface area (Å²) in [5.41, 5.74) is 4.10. The minimum absolute atomic E-state index is 0.242. The Hall–Kier alpha value is -1.39. The van der Waals surface area contributed by atoms with Crippen molar-refractivity contribution in [1.29, 1.82) is 0 Å². The fourth-order valence-electron chi connectivity index (χ4n) is 2.95. The average molecular weight is 363 g/mol. The summed E-state index contributed by atoms with van der Waals surface area (Å²) in [5.74, 6) is 0.399. The summed E-state index contributed by atoms with van der Waals surface area (Å²) in [4.78, 5) is 0.315. The standard InChI is InChI=1S/C21H30O3S/c1-5-7-9-18-15-21(25(22,23)24-14-8-6-2)20-13-11-17(16(3)4)10-12-19(18)20/h10-13,15-16H,5-9,14H2,1-4H3. The Balaban J connectivity index is 2.52. The number of rotatable bonds is 9. The van der Waals surface area contributed by atoms with E-state index in [0.717, 1.165) is 48.8 Å². The molecule has 0 saturated heterocycles. The molecule has 0 aliphatic heterocycles. The van der Waals surface area contributed by atoms with Gasteiger partial charge in [0.1, 0.15) is 4.90 Å². The third-order valence-electron chi connectivity index (χ3n) is 4.56. The minimum atomic E-state index is -3.73. The highest BCUT2D eigenvalue weighted by atomic mass is 32.2. The molecular formula is C21H30O3S. The van der Waals surface area contributed by atoms with Gasteiger partial charge < -0.3 is 0 Å². The van der Waals surface area contributed by atoms with Crippen LogP contribution in [0.25, 0.3) is 11.1 Å². The van der Waals surface area contributed by atoms with E-state index in [1.54, 1.807) is 0 Å². The van der Waals surface area contributed by atoms with Crippen molar-refractivity contribution < 1.29 is 12.6 Å². The monoisotopic (exact) mass is 362 g/mol. The minimum Gasteiger partial charge on any atom is -0.266 e. The molecule has 0 aromatic heterocycles. The van der Waals surface area contributed by atoms with Crippen molar-refractivity contribution in [2.24, 2.45) is 0 Å². The van der Waals surface area contributed by atoms with Crippen LogP contribution >= 0.6 is 0 Å². The van der Waals surface area contributed by atoms with Gasteiger partial charge in [0.05, 0.1) is 6.61 Å². The number of fused-ring (bicyclic) bond motifs is 1. The molecule has 2 rings (SSSR count). The Labute approximate surface area is 152 Å². The Bertz CT molecular complexity index is 763. The first-order valence-electron chi connectivity index (χ1n) is 9.35. The van der Waals surface area contributed by atoms with E-state index in [9.17, 15) is 8.42 Å². The van der Waals surface area contributed by atoms with Crippen molar-refractivity contribution in [2.45, 2.75) is 70.6 Å². The highest BCUT2D eigenvalue weighted by Crippen LogP contribution is 2.37. The zero-order chi connectivity index (χ0) is 18.4. The van der Waals surface area contributed by atoms with Crippen molar-refractivity contribution >= 4 is 10.1 Å². The van der Waals surface area contributed by atoms with E-state index in [1.807, 2.05) is 25.1 Å². The lowest BCUT2D eigenvalue weighted by molar-refractivity contribution is 0.311. The molecule has 0 heterocycles. The first kappa shape index (κ1) is 19.9. The third kappa shape index (κ3) is 4.83. The van der Waals surface area contributed by atoms with Crippen molar-refractivity contribution in [3.8, 4) is 11.1 Å². The van der Waals surface area contributed by atoms with Gasteiger partial charge >= 0.3 is 0 Å². The summed E-state index contributed by atoms with van der Waals surface area (Å²) in [6.45, 7) is 8.69. The van der Waals surface area contributed by atoms with Crippen molar-refractivity contribution in [3.63, 3.8) is 0 Å². The van der Waals surface area contributed by atoms with Gasteiger partial charge in [0.2, 0.25) is 0 Å². The number of hydrogen-bond acceptors (Lipinski definition) is 3. The molecule has 0 bridgehead atoms. The molecule has 2 aliphatic carbocycles. The highest BCUT2D eigenvalue weighted by Gasteiger charge is 2.25. The van der Waals surface area contributed by atoms with Gasteiger partial charge in [-0.3, -0.25) is 4.18 Å². The molecule has 4 heteroatoms. The lowest BCUT2D eigenvalue weighted by Gasteiger charge is -2.05. The van der Waals surface area contributed by atoms with E-state index in [2.05, 4.69) is 32.9 Å². The van der Waals surface area contributed by atoms with Crippen molar-refractivity contribution in [1.82, 2.24) is 0 Å². The van der Waals surface area contributed by atoms with Gasteiger partial charge in [-0.2, -0.15) is 8.42 Å². The molecule has 0 unspecified atom stereocenters. The van der Waals surface area contributed by atoms with E-state index in [4.69, 9.17) is 4.18 Å². The maximum atomic E-state index is 12.7. The summed E-state index contributed by atoms with van der Waals surface area (Å²) in [6, 6.07) is 9.96. The molecule has 138 valence electrons. The SMILES string of the molecule is CCCCOS(=O)(=O)c1cc(CCCC)c2ccc(C(C)C)ccc1-2. The van der Waals surface area contributed by atoms with E-state index >= 15 is 0 Å². The zero-order valence-electron chi connectivity index (χ0n) is 15.8. The van der Waals surface area contributed by atoms with Gasteiger partial charge in [-0.05, 0) is 47.9 Å². The molecule has 0 saturated carbocycles. The normalized spacial score (nSPS) is 12.2. The molecule has 0 atom stereocenters. The highest BCUT2D eigenvalue weighted by molar-refractivity contribution is 7.87. The van der Waals surface area contributed by atoms with Crippen LogP contribution < -0.4 is 0 Å². The van der Waals surface area contributed by atoms with Crippen LogP contribution in [0.3, 0.4) is 0 Å². The van der Waals surface area contributed by atoms with Crippen molar-refractivity contribution in [2.75, 3.05) is 6.61 Å². The molecule has 0 amide bonds. The van der Waals surface area contributed by atoms with Gasteiger partial charge in [0.15, 0.2) is 0 Å². The number of aryl methyl sites for hydroxylation is 1. The molecule has 0 spiro atoms. The molecule has 2 aliphatic rings. The van der Waals surface area contributed by atoms with Crippen LogP contribution in [0.15, 0.2) is 35.2 Å². The van der Waals surface area contributed by atoms with Gasteiger partial charge in [0, 0.05) is 5.56 Å². The summed E-state index contributed by atoms with van der Waals surface area (Å²) in [7, 11) is -3.73. The Kier molecular flexibility index (Phi) is 7.03. The Morgan fingerprint density at radius 3 is 2.20 bits per heavy atom. The van der Waals surface area contributed by atoms with E-state index < -0.39 is 10.1 Å². The van der Waals surface area contributed by atoms with E-state index in [0.29, 0.717) is 10.8 Å². The largest absolute Gasteiger partial charge is 0.297 e. The molecule has 0 radical (unpaired) electrons. The molecule has 0 fully saturated rings. The van der Waals surface area contributed by atoms with Crippen LogP contribution in [0.2, 0.25) is 0 Å². The summed E-state index contributed by atoms with van der Waals surface area (Å²) in [6.07, 6.45) is 4.67. The van der Waals surface area contributed by atoms with Crippen LogP contribution in [0.1, 0.15) is 70.4 Å². The first-order chi connectivity index (χ1) is 11.9. The Morgan fingerprint density at radius 1 is 0.960 bits per heavy atom. The quantitative estimate of drug-likeness (QED) is 0.420. The fourth-order valence-corrected chi connectivity index (χ4v) is 4.14. The van der Waals surface area contributed by atoms with Gasteiger partial charge in [-0.1, -0.05) is 64.8 Å². The predicted molar refractivity (Wildman–Crippen MR) is 104 cm³/mol. The van der Waals surface area contributed by atoms with Crippen LogP contribution in [-0.4, -0.2) is 15.0 Å². The average Bonchev–Trinajstić information content (AvgIpc) is 2.76. The molecule has 25 heavy (non-hydrogen) atoms. The molecule has 3 nitrogen and oxygen atoms in total. The summed E-state index contributed by atoms with van der Waals surface area (Å²) in [5, 5.41) is 0. The lowest BCUT2D eigenvalue weighted by Crippen LogP contribution is -2.07. The summed E-state index contributed by atoms with van der Waals surface area (Å²) >= 11 is 0. The second-order valence-corrected chi connectivity index (χ2v) is 8.50. The molecule has 0 N–H and O–H groups in total. The number of unbranched alkanes of at least 4 members (excludes halogenated alkanes) is 2. The zero-order valence-corrected chi connectivity index (χ0v) is 16.7. The third-order valence-corrected chi connectivity index (χ3v) is 5.92. The van der Waals surface area contributed by atoms with Crippen LogP contribution in [0.5, 0.6) is 0 Å². The molecular weight excluding hydrogens is 332 g/mol. The van der Waals surface area contributed by atoms with Gasteiger partial charge in [-0.15, -0.1) is 0 Å². The van der Waals surface area contributed by atoms with Gasteiger partial charge in [0.25, 0.3) is 10.1 Å². The Morgan fingerprint density at radius 2 is 1.60 bits per heavy atom. The topological polar surface area (TPSA) is 43.4 Å². The fraction of sp³-hybridized carbons (Fsp3) is 0.524. The second-order valence-electron chi connectivity index (χ2n) is 6.92. The maximum Gasteiger partial charge on any atom is 0.297 e. The lowest BCUT2D eigenvalue weighted by atomic mass is 10.0. The first-order valence-corrected chi connectivity index (χ1v) is 10.8.